The monoisotopic (exact) mass is 333 g/mol. The van der Waals surface area contributed by atoms with Gasteiger partial charge in [0.1, 0.15) is 12.7 Å². The van der Waals surface area contributed by atoms with Gasteiger partial charge in [-0.3, -0.25) is 4.68 Å². The quantitative estimate of drug-likeness (QED) is 0.692. The van der Waals surface area contributed by atoms with E-state index in [9.17, 15) is 5.11 Å². The van der Waals surface area contributed by atoms with E-state index in [-0.39, 0.29) is 6.04 Å². The molecule has 1 aromatic heterocycles. The molecule has 0 aliphatic rings. The highest BCUT2D eigenvalue weighted by atomic mass is 16.3. The molecule has 1 heterocycles. The molecule has 6 heteroatoms. The third-order valence-corrected chi connectivity index (χ3v) is 4.02. The van der Waals surface area contributed by atoms with E-state index in [1.165, 1.54) is 6.33 Å². The SMILES string of the molecule is N#Cc1ccc(C(O)CNC(Cn2cncn2)c2ccccc2)cc1. The molecule has 0 bridgehead atoms. The van der Waals surface area contributed by atoms with Gasteiger partial charge in [0, 0.05) is 6.54 Å². The largest absolute Gasteiger partial charge is 0.387 e. The first-order valence-corrected chi connectivity index (χ1v) is 8.05. The van der Waals surface area contributed by atoms with Gasteiger partial charge in [-0.25, -0.2) is 4.98 Å². The minimum atomic E-state index is -0.658. The zero-order chi connectivity index (χ0) is 17.5. The van der Waals surface area contributed by atoms with Crippen LogP contribution in [0.25, 0.3) is 0 Å². The van der Waals surface area contributed by atoms with Crippen molar-refractivity contribution in [3.05, 3.63) is 83.9 Å². The van der Waals surface area contributed by atoms with Gasteiger partial charge in [0.05, 0.1) is 30.3 Å². The van der Waals surface area contributed by atoms with E-state index in [0.717, 1.165) is 11.1 Å². The predicted molar refractivity (Wildman–Crippen MR) is 93.3 cm³/mol. The second kappa shape index (κ2) is 8.20. The molecular formula is C19H19N5O. The molecule has 2 N–H and O–H groups in total. The summed E-state index contributed by atoms with van der Waals surface area (Å²) in [6, 6.07) is 19.1. The molecule has 126 valence electrons. The molecule has 0 spiro atoms. The highest BCUT2D eigenvalue weighted by Gasteiger charge is 2.15. The Morgan fingerprint density at radius 3 is 2.48 bits per heavy atom. The number of aliphatic hydroxyl groups excluding tert-OH is 1. The van der Waals surface area contributed by atoms with Crippen LogP contribution in [0.5, 0.6) is 0 Å². The van der Waals surface area contributed by atoms with Crippen molar-refractivity contribution in [3.8, 4) is 6.07 Å². The predicted octanol–water partition coefficient (Wildman–Crippen LogP) is 2.21. The minimum absolute atomic E-state index is 0.00377. The first-order valence-electron chi connectivity index (χ1n) is 8.05. The summed E-state index contributed by atoms with van der Waals surface area (Å²) in [5, 5.41) is 26.8. The zero-order valence-corrected chi connectivity index (χ0v) is 13.7. The Bertz CT molecular complexity index is 809. The van der Waals surface area contributed by atoms with Crippen LogP contribution in [0, 0.1) is 11.3 Å². The molecule has 25 heavy (non-hydrogen) atoms. The Hall–Kier alpha value is -3.01. The summed E-state index contributed by atoms with van der Waals surface area (Å²) in [5.41, 5.74) is 2.47. The lowest BCUT2D eigenvalue weighted by Gasteiger charge is -2.21. The number of benzene rings is 2. The number of nitrogens with zero attached hydrogens (tertiary/aromatic N) is 4. The fraction of sp³-hybridized carbons (Fsp3) is 0.211. The molecule has 0 aliphatic heterocycles. The Kier molecular flexibility index (Phi) is 5.52. The van der Waals surface area contributed by atoms with E-state index >= 15 is 0 Å². The standard InChI is InChI=1S/C19H19N5O/c20-10-15-6-8-17(9-7-15)19(25)11-22-18(12-24-14-21-13-23-24)16-4-2-1-3-5-16/h1-9,13-14,18-19,22,25H,11-12H2. The maximum Gasteiger partial charge on any atom is 0.137 e. The van der Waals surface area contributed by atoms with Crippen molar-refractivity contribution < 1.29 is 5.11 Å². The van der Waals surface area contributed by atoms with Gasteiger partial charge < -0.3 is 10.4 Å². The van der Waals surface area contributed by atoms with Crippen LogP contribution in [0.1, 0.15) is 28.8 Å². The fourth-order valence-corrected chi connectivity index (χ4v) is 2.64. The lowest BCUT2D eigenvalue weighted by molar-refractivity contribution is 0.167. The second-order valence-electron chi connectivity index (χ2n) is 5.74. The fourth-order valence-electron chi connectivity index (χ4n) is 2.64. The smallest absolute Gasteiger partial charge is 0.137 e. The number of hydrogen-bond donors (Lipinski definition) is 2. The Labute approximate surface area is 146 Å². The van der Waals surface area contributed by atoms with Crippen LogP contribution in [-0.4, -0.2) is 26.4 Å². The molecular weight excluding hydrogens is 314 g/mol. The molecule has 2 unspecified atom stereocenters. The number of nitrogens with one attached hydrogen (secondary N) is 1. The van der Waals surface area contributed by atoms with Gasteiger partial charge in [-0.05, 0) is 23.3 Å². The van der Waals surface area contributed by atoms with Gasteiger partial charge >= 0.3 is 0 Å². The van der Waals surface area contributed by atoms with Gasteiger partial charge in [-0.15, -0.1) is 0 Å². The molecule has 0 saturated heterocycles. The van der Waals surface area contributed by atoms with Gasteiger partial charge in [-0.1, -0.05) is 42.5 Å². The second-order valence-corrected chi connectivity index (χ2v) is 5.74. The first kappa shape index (κ1) is 16.8. The molecule has 0 radical (unpaired) electrons. The topological polar surface area (TPSA) is 86.8 Å². The number of aliphatic hydroxyl groups is 1. The van der Waals surface area contributed by atoms with Crippen molar-refractivity contribution in [1.82, 2.24) is 20.1 Å². The summed E-state index contributed by atoms with van der Waals surface area (Å²) < 4.78 is 1.76. The molecule has 0 saturated carbocycles. The van der Waals surface area contributed by atoms with Crippen LogP contribution in [0.3, 0.4) is 0 Å². The van der Waals surface area contributed by atoms with Crippen LogP contribution >= 0.6 is 0 Å². The Morgan fingerprint density at radius 1 is 1.08 bits per heavy atom. The highest BCUT2D eigenvalue weighted by Crippen LogP contribution is 2.18. The highest BCUT2D eigenvalue weighted by molar-refractivity contribution is 5.32. The molecule has 3 rings (SSSR count). The van der Waals surface area contributed by atoms with E-state index in [1.807, 2.05) is 30.3 Å². The number of nitriles is 1. The van der Waals surface area contributed by atoms with Crippen molar-refractivity contribution in [2.75, 3.05) is 6.54 Å². The lowest BCUT2D eigenvalue weighted by atomic mass is 10.0. The van der Waals surface area contributed by atoms with Crippen molar-refractivity contribution in [1.29, 1.82) is 5.26 Å². The van der Waals surface area contributed by atoms with Crippen LogP contribution in [0.2, 0.25) is 0 Å². The summed E-state index contributed by atoms with van der Waals surface area (Å²) in [5.74, 6) is 0. The Morgan fingerprint density at radius 2 is 1.84 bits per heavy atom. The van der Waals surface area contributed by atoms with Gasteiger partial charge in [-0.2, -0.15) is 10.4 Å². The van der Waals surface area contributed by atoms with E-state index in [2.05, 4.69) is 21.5 Å². The van der Waals surface area contributed by atoms with E-state index < -0.39 is 6.10 Å². The van der Waals surface area contributed by atoms with Gasteiger partial charge in [0.15, 0.2) is 0 Å². The van der Waals surface area contributed by atoms with Crippen molar-refractivity contribution >= 4 is 0 Å². The maximum atomic E-state index is 10.4. The van der Waals surface area contributed by atoms with Crippen LogP contribution in [-0.2, 0) is 6.54 Å². The molecule has 0 amide bonds. The normalized spacial score (nSPS) is 13.1. The molecule has 6 nitrogen and oxygen atoms in total. The van der Waals surface area contributed by atoms with Crippen molar-refractivity contribution in [2.24, 2.45) is 0 Å². The lowest BCUT2D eigenvalue weighted by Crippen LogP contribution is -2.29. The molecule has 0 aliphatic carbocycles. The molecule has 2 atom stereocenters. The summed E-state index contributed by atoms with van der Waals surface area (Å²) in [6.45, 7) is 1.00. The van der Waals surface area contributed by atoms with Gasteiger partial charge in [0.25, 0.3) is 0 Å². The van der Waals surface area contributed by atoms with Crippen LogP contribution in [0.4, 0.5) is 0 Å². The van der Waals surface area contributed by atoms with Crippen molar-refractivity contribution in [2.45, 2.75) is 18.7 Å². The molecule has 0 fully saturated rings. The summed E-state index contributed by atoms with van der Waals surface area (Å²) >= 11 is 0. The average molecular weight is 333 g/mol. The summed E-state index contributed by atoms with van der Waals surface area (Å²) in [4.78, 5) is 3.98. The zero-order valence-electron chi connectivity index (χ0n) is 13.7. The number of aromatic nitrogens is 3. The summed E-state index contributed by atoms with van der Waals surface area (Å²) in [7, 11) is 0. The number of hydrogen-bond acceptors (Lipinski definition) is 5. The van der Waals surface area contributed by atoms with Crippen LogP contribution in [0.15, 0.2) is 67.3 Å². The van der Waals surface area contributed by atoms with E-state index in [4.69, 9.17) is 5.26 Å². The van der Waals surface area contributed by atoms with Gasteiger partial charge in [0.2, 0.25) is 0 Å². The van der Waals surface area contributed by atoms with Crippen molar-refractivity contribution in [3.63, 3.8) is 0 Å². The van der Waals surface area contributed by atoms with Crippen LogP contribution < -0.4 is 5.32 Å². The Balaban J connectivity index is 1.68. The minimum Gasteiger partial charge on any atom is -0.387 e. The third kappa shape index (κ3) is 4.51. The van der Waals surface area contributed by atoms with E-state index in [0.29, 0.717) is 18.7 Å². The van der Waals surface area contributed by atoms with E-state index in [1.54, 1.807) is 35.3 Å². The molecule has 2 aromatic carbocycles. The first-order chi connectivity index (χ1) is 12.3. The molecule has 3 aromatic rings. The third-order valence-electron chi connectivity index (χ3n) is 4.02. The number of rotatable bonds is 7. The average Bonchev–Trinajstić information content (AvgIpc) is 3.19. The summed E-state index contributed by atoms with van der Waals surface area (Å²) in [6.07, 6.45) is 2.53. The maximum absolute atomic E-state index is 10.4.